The number of halogens is 2. The van der Waals surface area contributed by atoms with Gasteiger partial charge in [-0.15, -0.1) is 0 Å². The van der Waals surface area contributed by atoms with Crippen LogP contribution in [0.4, 0.5) is 4.79 Å². The molecule has 63 heavy (non-hydrogen) atoms. The van der Waals surface area contributed by atoms with Crippen molar-refractivity contribution in [3.05, 3.63) is 57.6 Å². The van der Waals surface area contributed by atoms with Gasteiger partial charge >= 0.3 is 12.1 Å². The fourth-order valence-electron chi connectivity index (χ4n) is 11.3. The summed E-state index contributed by atoms with van der Waals surface area (Å²) in [6.45, 7) is 16.2. The lowest BCUT2D eigenvalue weighted by atomic mass is 9.58. The molecule has 0 spiro atoms. The number of hydrogen-bond acceptors (Lipinski definition) is 12. The Hall–Kier alpha value is -3.93. The molecular formula is C45H62Cl2N4O12. The number of carbonyl (C=O) groups is 5. The number of aromatic nitrogens is 1. The van der Waals surface area contributed by atoms with Gasteiger partial charge in [0.25, 0.3) is 11.8 Å². The molecule has 2 saturated carbocycles. The second-order valence-electron chi connectivity index (χ2n) is 18.7. The van der Waals surface area contributed by atoms with E-state index in [2.05, 4.69) is 23.0 Å². The van der Waals surface area contributed by atoms with Crippen LogP contribution in [0.1, 0.15) is 91.1 Å². The third-order valence-corrected chi connectivity index (χ3v) is 15.1. The van der Waals surface area contributed by atoms with Gasteiger partial charge < -0.3 is 55.2 Å². The van der Waals surface area contributed by atoms with Crippen LogP contribution < -0.4 is 11.1 Å². The van der Waals surface area contributed by atoms with Crippen LogP contribution in [-0.4, -0.2) is 122 Å². The highest BCUT2D eigenvalue weighted by Crippen LogP contribution is 2.53. The summed E-state index contributed by atoms with van der Waals surface area (Å²) in [5.41, 5.74) is 4.20. The van der Waals surface area contributed by atoms with Gasteiger partial charge in [0.2, 0.25) is 0 Å². The fraction of sp³-hybridized carbons (Fsp3) is 0.667. The quantitative estimate of drug-likeness (QED) is 0.0553. The topological polar surface area (TPSA) is 240 Å². The van der Waals surface area contributed by atoms with Crippen molar-refractivity contribution in [3.63, 3.8) is 0 Å². The van der Waals surface area contributed by atoms with Gasteiger partial charge in [0.05, 0.1) is 40.4 Å². The highest BCUT2D eigenvalue weighted by atomic mass is 35.5. The third-order valence-electron chi connectivity index (χ3n) is 14.3. The van der Waals surface area contributed by atoms with Crippen LogP contribution in [-0.2, 0) is 33.3 Å². The number of H-pyrrole nitrogens is 1. The number of aliphatic hydroxyl groups is 3. The summed E-state index contributed by atoms with van der Waals surface area (Å²) < 4.78 is 23.3. The number of aliphatic hydroxyl groups excluding tert-OH is 2. The van der Waals surface area contributed by atoms with Crippen LogP contribution in [0.15, 0.2) is 41.8 Å². The van der Waals surface area contributed by atoms with Crippen molar-refractivity contribution in [2.24, 2.45) is 47.2 Å². The number of methoxy groups -OCH3 is 1. The van der Waals surface area contributed by atoms with E-state index in [1.807, 2.05) is 26.8 Å². The molecule has 2 aliphatic heterocycles. The zero-order valence-electron chi connectivity index (χ0n) is 37.0. The molecule has 1 aromatic heterocycles. The van der Waals surface area contributed by atoms with E-state index in [1.54, 1.807) is 20.8 Å². The molecule has 3 heterocycles. The normalized spacial score (nSPS) is 38.3. The molecule has 3 amide bonds. The number of aromatic amines is 1. The van der Waals surface area contributed by atoms with E-state index in [4.69, 9.17) is 47.9 Å². The number of nitrogens with one attached hydrogen (secondary N) is 2. The number of likely N-dealkylation sites (tertiary alicyclic amines) is 1. The molecule has 16 atom stereocenters. The van der Waals surface area contributed by atoms with Crippen LogP contribution in [0.25, 0.3) is 0 Å². The van der Waals surface area contributed by atoms with Crippen LogP contribution in [0.5, 0.6) is 0 Å². The lowest BCUT2D eigenvalue weighted by Gasteiger charge is -2.50. The van der Waals surface area contributed by atoms with Gasteiger partial charge in [-0.25, -0.2) is 4.79 Å². The van der Waals surface area contributed by atoms with E-state index < -0.39 is 108 Å². The highest BCUT2D eigenvalue weighted by Gasteiger charge is 2.58. The minimum Gasteiger partial charge on any atom is -0.511 e. The summed E-state index contributed by atoms with van der Waals surface area (Å²) in [5, 5.41) is 38.7. The number of carbonyl (C=O) groups excluding carboxylic acids is 5. The minimum atomic E-state index is -1.78. The lowest BCUT2D eigenvalue weighted by Crippen LogP contribution is -2.65. The first-order valence-electron chi connectivity index (χ1n) is 21.7. The smallest absolute Gasteiger partial charge is 0.404 e. The van der Waals surface area contributed by atoms with Crippen molar-refractivity contribution in [2.75, 3.05) is 7.11 Å². The molecule has 16 nitrogen and oxygen atoms in total. The standard InChI is InChI=1S/C45H62Cl2N4O12/c1-18(2)35-37(54)32(43(57)51(35)29-14-21(5)38(63-44(48)58)40(39(29)60-9)62-24(8)52)36(53)31-20(4)11-13-27-25(12-10-19(3)30(27)31)15-26-16-45(59,41(55)22(6)61-26)23(7)50-42(56)34-33(47)28(46)17-49-34/h11,13,17-18,20-23,25-27,29-31,35,38-41,49,53,55,59H,3,10,12,14-16H2,1-2,4-9H3,(H2,48,58)(H,50,56). The average molecular weight is 922 g/mol. The fourth-order valence-corrected chi connectivity index (χ4v) is 11.6. The van der Waals surface area contributed by atoms with E-state index in [9.17, 15) is 39.3 Å². The van der Waals surface area contributed by atoms with E-state index >= 15 is 0 Å². The number of amides is 3. The maximum Gasteiger partial charge on any atom is 0.404 e. The zero-order valence-corrected chi connectivity index (χ0v) is 38.5. The number of primary amides is 1. The molecule has 3 aliphatic carbocycles. The maximum atomic E-state index is 14.9. The highest BCUT2D eigenvalue weighted by molar-refractivity contribution is 6.43. The number of Topliss-reactive ketones (excluding diaryl/α,β-unsaturated/α-hetero) is 1. The largest absolute Gasteiger partial charge is 0.511 e. The number of ether oxygens (including phenoxy) is 4. The lowest BCUT2D eigenvalue weighted by molar-refractivity contribution is -0.222. The number of fused-ring (bicyclic) bond motifs is 1. The van der Waals surface area contributed by atoms with Gasteiger partial charge in [0.1, 0.15) is 40.9 Å². The first kappa shape index (κ1) is 48.5. The van der Waals surface area contributed by atoms with Gasteiger partial charge in [-0.05, 0) is 75.0 Å². The van der Waals surface area contributed by atoms with Crippen molar-refractivity contribution in [1.82, 2.24) is 15.2 Å². The summed E-state index contributed by atoms with van der Waals surface area (Å²) in [6.07, 6.45) is 0.536. The molecule has 18 heteroatoms. The Morgan fingerprint density at radius 3 is 2.38 bits per heavy atom. The Labute approximate surface area is 377 Å². The first-order chi connectivity index (χ1) is 29.5. The monoisotopic (exact) mass is 920 g/mol. The molecule has 348 valence electrons. The van der Waals surface area contributed by atoms with E-state index in [0.717, 1.165) is 5.57 Å². The predicted molar refractivity (Wildman–Crippen MR) is 231 cm³/mol. The molecule has 0 bridgehead atoms. The molecule has 2 saturated heterocycles. The number of hydrogen-bond donors (Lipinski definition) is 6. The van der Waals surface area contributed by atoms with Crippen LogP contribution in [0, 0.1) is 41.4 Å². The van der Waals surface area contributed by atoms with Crippen molar-refractivity contribution in [1.29, 1.82) is 0 Å². The minimum absolute atomic E-state index is 0.00174. The van der Waals surface area contributed by atoms with Gasteiger partial charge in [-0.3, -0.25) is 19.2 Å². The predicted octanol–water partition coefficient (Wildman–Crippen LogP) is 5.19. The molecular weight excluding hydrogens is 859 g/mol. The number of esters is 1. The Balaban J connectivity index is 1.28. The Kier molecular flexibility index (Phi) is 14.5. The van der Waals surface area contributed by atoms with Gasteiger partial charge in [0.15, 0.2) is 11.9 Å². The Bertz CT molecular complexity index is 2040. The number of ketones is 1. The van der Waals surface area contributed by atoms with Gasteiger partial charge in [0, 0.05) is 32.6 Å². The van der Waals surface area contributed by atoms with Crippen molar-refractivity contribution in [3.8, 4) is 0 Å². The summed E-state index contributed by atoms with van der Waals surface area (Å²) in [5.74, 6) is -5.29. The van der Waals surface area contributed by atoms with Crippen LogP contribution in [0.2, 0.25) is 10.0 Å². The van der Waals surface area contributed by atoms with Gasteiger partial charge in [-0.2, -0.15) is 0 Å². The van der Waals surface area contributed by atoms with Crippen molar-refractivity contribution < 1.29 is 58.2 Å². The van der Waals surface area contributed by atoms with Crippen molar-refractivity contribution >= 4 is 52.9 Å². The molecule has 0 aromatic carbocycles. The Morgan fingerprint density at radius 2 is 1.79 bits per heavy atom. The Morgan fingerprint density at radius 1 is 1.11 bits per heavy atom. The molecule has 5 aliphatic rings. The van der Waals surface area contributed by atoms with Crippen molar-refractivity contribution in [2.45, 2.75) is 141 Å². The molecule has 6 rings (SSSR count). The van der Waals surface area contributed by atoms with E-state index in [-0.39, 0.29) is 63.6 Å². The SMILES string of the molecule is C=C1CCC(CC2CC(O)(C(C)NC(=O)c3[nH]cc(Cl)c3Cl)C(O)C(C)O2)C2C=CC(C)C(C(O)=C3C(=O)C(C(C)C)N(C4CC(C)C(OC(N)=O)C(OC(C)=O)C4OC)C3=O)C12. The molecule has 16 unspecified atom stereocenters. The van der Waals surface area contributed by atoms with Crippen LogP contribution >= 0.6 is 23.2 Å². The summed E-state index contributed by atoms with van der Waals surface area (Å²) in [4.78, 5) is 71.1. The number of rotatable bonds is 11. The molecule has 4 fully saturated rings. The number of nitrogens with two attached hydrogens (primary N) is 1. The van der Waals surface area contributed by atoms with E-state index in [0.29, 0.717) is 19.3 Å². The second-order valence-corrected chi connectivity index (χ2v) is 19.5. The second kappa shape index (κ2) is 18.9. The molecule has 1 aromatic rings. The van der Waals surface area contributed by atoms with E-state index in [1.165, 1.54) is 25.1 Å². The first-order valence-corrected chi connectivity index (χ1v) is 22.5. The average Bonchev–Trinajstić information content (AvgIpc) is 3.68. The molecule has 0 radical (unpaired) electrons. The zero-order chi connectivity index (χ0) is 46.6. The third kappa shape index (κ3) is 9.04. The van der Waals surface area contributed by atoms with Crippen LogP contribution in [0.3, 0.4) is 0 Å². The number of nitrogens with zero attached hydrogens (tertiary/aromatic N) is 1. The summed E-state index contributed by atoms with van der Waals surface area (Å²) in [6, 6.07) is -2.75. The summed E-state index contributed by atoms with van der Waals surface area (Å²) >= 11 is 12.2. The number of allylic oxidation sites excluding steroid dienone is 4. The molecule has 7 N–H and O–H groups in total. The maximum absolute atomic E-state index is 14.9. The summed E-state index contributed by atoms with van der Waals surface area (Å²) in [7, 11) is 1.38. The van der Waals surface area contributed by atoms with Gasteiger partial charge in [-0.1, -0.05) is 75.2 Å².